The molecule has 2 aromatic carbocycles. The molecule has 7 heteroatoms. The predicted octanol–water partition coefficient (Wildman–Crippen LogP) is -1.58. The van der Waals surface area contributed by atoms with Gasteiger partial charge in [-0.25, -0.2) is 4.79 Å². The number of rotatable bonds is 6. The molecule has 0 radical (unpaired) electrons. The third-order valence-corrected chi connectivity index (χ3v) is 3.16. The summed E-state index contributed by atoms with van der Waals surface area (Å²) in [5.41, 5.74) is 1.17. The SMILES string of the molecule is COc1ccc(COC(=O)NC(C(=O)[O-])c2ccccc2)cc1.[Li+]. The summed E-state index contributed by atoms with van der Waals surface area (Å²) in [6.45, 7) is 0.0182. The van der Waals surface area contributed by atoms with E-state index in [9.17, 15) is 14.7 Å². The van der Waals surface area contributed by atoms with Gasteiger partial charge in [-0.3, -0.25) is 0 Å². The van der Waals surface area contributed by atoms with Crippen molar-refractivity contribution in [2.24, 2.45) is 0 Å². The molecule has 0 aliphatic rings. The van der Waals surface area contributed by atoms with Gasteiger partial charge in [0, 0.05) is 0 Å². The summed E-state index contributed by atoms with van der Waals surface area (Å²) < 4.78 is 10.1. The van der Waals surface area contributed by atoms with E-state index in [1.54, 1.807) is 61.7 Å². The van der Waals surface area contributed by atoms with Crippen LogP contribution in [-0.4, -0.2) is 19.2 Å². The molecule has 0 heterocycles. The molecule has 120 valence electrons. The summed E-state index contributed by atoms with van der Waals surface area (Å²) >= 11 is 0. The molecule has 2 rings (SSSR count). The molecule has 1 atom stereocenters. The van der Waals surface area contributed by atoms with Crippen molar-refractivity contribution < 1.29 is 43.0 Å². The molecule has 6 nitrogen and oxygen atoms in total. The van der Waals surface area contributed by atoms with Crippen LogP contribution in [0.4, 0.5) is 4.79 Å². The number of benzene rings is 2. The first-order valence-electron chi connectivity index (χ1n) is 6.92. The minimum Gasteiger partial charge on any atom is -0.548 e. The summed E-state index contributed by atoms with van der Waals surface area (Å²) in [5, 5.41) is 13.5. The van der Waals surface area contributed by atoms with Crippen LogP contribution in [0, 0.1) is 0 Å². The molecule has 0 saturated carbocycles. The van der Waals surface area contributed by atoms with Crippen molar-refractivity contribution in [3.8, 4) is 5.75 Å². The Balaban J connectivity index is 0.00000288. The third kappa shape index (κ3) is 5.65. The van der Waals surface area contributed by atoms with Crippen molar-refractivity contribution in [2.75, 3.05) is 7.11 Å². The van der Waals surface area contributed by atoms with E-state index in [0.717, 1.165) is 5.56 Å². The van der Waals surface area contributed by atoms with Gasteiger partial charge in [0.25, 0.3) is 0 Å². The zero-order valence-corrected chi connectivity index (χ0v) is 13.5. The van der Waals surface area contributed by atoms with Crippen molar-refractivity contribution in [3.05, 3.63) is 65.7 Å². The van der Waals surface area contributed by atoms with Crippen LogP contribution >= 0.6 is 0 Å². The second-order valence-corrected chi connectivity index (χ2v) is 4.73. The topological polar surface area (TPSA) is 87.7 Å². The number of alkyl carbamates (subject to hydrolysis) is 1. The first kappa shape index (κ1) is 19.6. The van der Waals surface area contributed by atoms with Gasteiger partial charge in [0.15, 0.2) is 0 Å². The zero-order valence-electron chi connectivity index (χ0n) is 13.5. The fourth-order valence-electron chi connectivity index (χ4n) is 1.95. The Morgan fingerprint density at radius 1 is 1.08 bits per heavy atom. The number of nitrogens with one attached hydrogen (secondary N) is 1. The molecular weight excluding hydrogens is 305 g/mol. The van der Waals surface area contributed by atoms with Crippen molar-refractivity contribution >= 4 is 12.1 Å². The largest absolute Gasteiger partial charge is 1.00 e. The number of carboxylic acid groups (broad SMARTS) is 1. The molecule has 24 heavy (non-hydrogen) atoms. The van der Waals surface area contributed by atoms with Crippen LogP contribution in [0.3, 0.4) is 0 Å². The summed E-state index contributed by atoms with van der Waals surface area (Å²) in [4.78, 5) is 23.0. The summed E-state index contributed by atoms with van der Waals surface area (Å²) in [5.74, 6) is -0.711. The standard InChI is InChI=1S/C17H17NO5.Li/c1-22-14-9-7-12(8-10-14)11-23-17(21)18-15(16(19)20)13-5-3-2-4-6-13;/h2-10,15H,11H2,1H3,(H,18,21)(H,19,20);/q;+1/p-1. The van der Waals surface area contributed by atoms with Crippen molar-refractivity contribution in [1.82, 2.24) is 5.32 Å². The van der Waals surface area contributed by atoms with Crippen LogP contribution < -0.4 is 34.0 Å². The van der Waals surface area contributed by atoms with Gasteiger partial charge in [0.1, 0.15) is 12.4 Å². The maximum absolute atomic E-state index is 11.8. The number of ether oxygens (including phenoxy) is 2. The van der Waals surface area contributed by atoms with E-state index >= 15 is 0 Å². The molecule has 1 unspecified atom stereocenters. The fourth-order valence-corrected chi connectivity index (χ4v) is 1.95. The van der Waals surface area contributed by atoms with Gasteiger partial charge in [-0.15, -0.1) is 0 Å². The van der Waals surface area contributed by atoms with E-state index in [-0.39, 0.29) is 25.5 Å². The smallest absolute Gasteiger partial charge is 0.548 e. The molecule has 0 aliphatic heterocycles. The molecule has 2 aromatic rings. The van der Waals surface area contributed by atoms with Gasteiger partial charge in [0.2, 0.25) is 0 Å². The molecule has 0 spiro atoms. The average Bonchev–Trinajstić information content (AvgIpc) is 2.58. The molecule has 1 amide bonds. The van der Waals surface area contributed by atoms with E-state index in [4.69, 9.17) is 9.47 Å². The quantitative estimate of drug-likeness (QED) is 0.649. The maximum Gasteiger partial charge on any atom is 1.00 e. The molecule has 0 aromatic heterocycles. The van der Waals surface area contributed by atoms with Gasteiger partial charge in [-0.1, -0.05) is 42.5 Å². The van der Waals surface area contributed by atoms with Crippen LogP contribution in [0.1, 0.15) is 17.2 Å². The van der Waals surface area contributed by atoms with Crippen LogP contribution in [-0.2, 0) is 16.1 Å². The Labute approximate surface area is 152 Å². The van der Waals surface area contributed by atoms with Crippen molar-refractivity contribution in [2.45, 2.75) is 12.6 Å². The normalized spacial score (nSPS) is 10.9. The van der Waals surface area contributed by atoms with E-state index in [2.05, 4.69) is 5.32 Å². The van der Waals surface area contributed by atoms with Crippen LogP contribution in [0.25, 0.3) is 0 Å². The molecule has 0 bridgehead atoms. The molecule has 1 N–H and O–H groups in total. The van der Waals surface area contributed by atoms with E-state index in [1.807, 2.05) is 0 Å². The number of hydrogen-bond donors (Lipinski definition) is 1. The molecule has 0 fully saturated rings. The zero-order chi connectivity index (χ0) is 16.7. The van der Waals surface area contributed by atoms with Crippen molar-refractivity contribution in [1.29, 1.82) is 0 Å². The minimum atomic E-state index is -1.41. The second-order valence-electron chi connectivity index (χ2n) is 4.73. The summed E-state index contributed by atoms with van der Waals surface area (Å²) in [6, 6.07) is 14.0. The van der Waals surface area contributed by atoms with Crippen LogP contribution in [0.15, 0.2) is 54.6 Å². The van der Waals surface area contributed by atoms with E-state index < -0.39 is 18.1 Å². The van der Waals surface area contributed by atoms with Crippen LogP contribution in [0.5, 0.6) is 5.75 Å². The number of hydrogen-bond acceptors (Lipinski definition) is 5. The number of amides is 1. The predicted molar refractivity (Wildman–Crippen MR) is 80.5 cm³/mol. The Bertz CT molecular complexity index is 660. The molecular formula is C17H16LiNO5. The van der Waals surface area contributed by atoms with Gasteiger partial charge >= 0.3 is 25.0 Å². The van der Waals surface area contributed by atoms with E-state index in [1.165, 1.54) is 0 Å². The second kappa shape index (κ2) is 9.66. The summed E-state index contributed by atoms with van der Waals surface area (Å²) in [7, 11) is 1.56. The third-order valence-electron chi connectivity index (χ3n) is 3.16. The van der Waals surface area contributed by atoms with E-state index in [0.29, 0.717) is 11.3 Å². The Morgan fingerprint density at radius 3 is 2.25 bits per heavy atom. The Kier molecular flexibility index (Phi) is 7.90. The number of carbonyl (C=O) groups is 2. The van der Waals surface area contributed by atoms with Crippen molar-refractivity contribution in [3.63, 3.8) is 0 Å². The Morgan fingerprint density at radius 2 is 1.71 bits per heavy atom. The number of carbonyl (C=O) groups excluding carboxylic acids is 2. The molecule has 0 saturated heterocycles. The van der Waals surface area contributed by atoms with Gasteiger partial charge in [0.05, 0.1) is 19.1 Å². The number of carboxylic acids is 1. The Hall–Kier alpha value is -2.42. The van der Waals surface area contributed by atoms with Gasteiger partial charge in [-0.2, -0.15) is 0 Å². The maximum atomic E-state index is 11.8. The fraction of sp³-hybridized carbons (Fsp3) is 0.176. The number of aliphatic carboxylic acids is 1. The van der Waals surface area contributed by atoms with Gasteiger partial charge in [-0.05, 0) is 23.3 Å². The summed E-state index contributed by atoms with van der Waals surface area (Å²) in [6.07, 6.45) is -0.834. The average molecular weight is 321 g/mol. The van der Waals surface area contributed by atoms with Crippen LogP contribution in [0.2, 0.25) is 0 Å². The first-order chi connectivity index (χ1) is 11.1. The number of methoxy groups -OCH3 is 1. The minimum absolute atomic E-state index is 0. The first-order valence-corrected chi connectivity index (χ1v) is 6.92. The molecule has 0 aliphatic carbocycles. The van der Waals surface area contributed by atoms with Gasteiger partial charge < -0.3 is 24.7 Å². The monoisotopic (exact) mass is 321 g/mol.